The van der Waals surface area contributed by atoms with Gasteiger partial charge >= 0.3 is 12.1 Å². The van der Waals surface area contributed by atoms with E-state index in [1.807, 2.05) is 13.0 Å². The van der Waals surface area contributed by atoms with Crippen LogP contribution in [0.1, 0.15) is 53.4 Å². The van der Waals surface area contributed by atoms with Crippen LogP contribution in [0, 0.1) is 28.6 Å². The summed E-state index contributed by atoms with van der Waals surface area (Å²) in [5, 5.41) is 16.5. The van der Waals surface area contributed by atoms with Crippen molar-refractivity contribution >= 4 is 23.6 Å². The maximum Gasteiger partial charge on any atom is 0.471 e. The van der Waals surface area contributed by atoms with E-state index in [2.05, 4.69) is 10.6 Å². The second-order valence-corrected chi connectivity index (χ2v) is 10.1. The molecule has 2 fully saturated rings. The van der Waals surface area contributed by atoms with Gasteiger partial charge in [0, 0.05) is 19.0 Å². The highest BCUT2D eigenvalue weighted by atomic mass is 19.4. The Morgan fingerprint density at radius 3 is 2.35 bits per heavy atom. The van der Waals surface area contributed by atoms with Crippen LogP contribution in [0.2, 0.25) is 0 Å². The number of carbonyl (C=O) groups is 4. The van der Waals surface area contributed by atoms with E-state index in [9.17, 15) is 37.6 Å². The van der Waals surface area contributed by atoms with Gasteiger partial charge in [0.15, 0.2) is 0 Å². The molecule has 0 spiro atoms. The van der Waals surface area contributed by atoms with E-state index in [0.717, 1.165) is 0 Å². The van der Waals surface area contributed by atoms with E-state index in [1.165, 1.54) is 25.7 Å². The molecular formula is C22H32F3N5O4. The second kappa shape index (κ2) is 10.6. The third-order valence-electron chi connectivity index (χ3n) is 6.25. The monoisotopic (exact) mass is 487 g/mol. The van der Waals surface area contributed by atoms with Crippen LogP contribution in [0.3, 0.4) is 0 Å². The number of carbonyl (C=O) groups excluding carboxylic acids is 4. The fourth-order valence-electron chi connectivity index (χ4n) is 4.25. The summed E-state index contributed by atoms with van der Waals surface area (Å²) in [6.07, 6.45) is -3.71. The maximum absolute atomic E-state index is 13.4. The lowest BCUT2D eigenvalue weighted by molar-refractivity contribution is -0.176. The molecule has 0 aromatic carbocycles. The molecule has 0 saturated carbocycles. The summed E-state index contributed by atoms with van der Waals surface area (Å²) in [5.74, 6) is -4.17. The van der Waals surface area contributed by atoms with Gasteiger partial charge in [-0.05, 0) is 37.0 Å². The highest BCUT2D eigenvalue weighted by Gasteiger charge is 2.46. The molecule has 12 heteroatoms. The lowest BCUT2D eigenvalue weighted by Gasteiger charge is -2.42. The molecule has 2 saturated heterocycles. The summed E-state index contributed by atoms with van der Waals surface area (Å²) in [4.78, 5) is 51.1. The summed E-state index contributed by atoms with van der Waals surface area (Å²) in [6.45, 7) is 7.06. The lowest BCUT2D eigenvalue weighted by atomic mass is 9.83. The summed E-state index contributed by atoms with van der Waals surface area (Å²) < 4.78 is 38.6. The van der Waals surface area contributed by atoms with E-state index in [0.29, 0.717) is 19.4 Å². The molecule has 0 bridgehead atoms. The molecule has 0 radical (unpaired) electrons. The van der Waals surface area contributed by atoms with Crippen molar-refractivity contribution < 1.29 is 32.3 Å². The largest absolute Gasteiger partial charge is 0.471 e. The molecule has 190 valence electrons. The number of amides is 4. The number of piperidine rings is 1. The minimum Gasteiger partial charge on any atom is -0.356 e. The Labute approximate surface area is 196 Å². The topological polar surface area (TPSA) is 131 Å². The van der Waals surface area contributed by atoms with Crippen molar-refractivity contribution in [2.45, 2.75) is 77.7 Å². The minimum absolute atomic E-state index is 0.0544. The Bertz CT molecular complexity index is 849. The standard InChI is InChI=1S/C22H32F3N5O4/c1-12-6-8-30(19(33)16(21(2,3)4)29-20(34)22(23,24)25)15(9-12)18(32)28-14(11-26)10-13-5-7-27-17(13)31/h12-16H,5-10H2,1-4H3,(H,27,31)(H,28,32)(H,29,34)/t12-,13+,14+,15+,16-/m1/s1. The fourth-order valence-corrected chi connectivity index (χ4v) is 4.25. The SMILES string of the molecule is C[C@@H]1CCN(C(=O)[C@@H](NC(=O)C(F)(F)F)C(C)(C)C)[C@H](C(=O)N[C@H](C#N)C[C@@H]2CCNC2=O)C1. The first kappa shape index (κ1) is 27.4. The highest BCUT2D eigenvalue weighted by molar-refractivity contribution is 5.94. The molecule has 3 N–H and O–H groups in total. The predicted octanol–water partition coefficient (Wildman–Crippen LogP) is 1.24. The summed E-state index contributed by atoms with van der Waals surface area (Å²) in [7, 11) is 0. The van der Waals surface area contributed by atoms with Crippen LogP contribution in [0.4, 0.5) is 13.2 Å². The molecule has 5 atom stereocenters. The van der Waals surface area contributed by atoms with Gasteiger partial charge in [-0.1, -0.05) is 27.7 Å². The number of halogens is 3. The molecule has 0 aliphatic carbocycles. The summed E-state index contributed by atoms with van der Waals surface area (Å²) in [5.41, 5.74) is -1.06. The molecule has 2 heterocycles. The summed E-state index contributed by atoms with van der Waals surface area (Å²) in [6, 6.07) is -1.52. The smallest absolute Gasteiger partial charge is 0.356 e. The Kier molecular flexibility index (Phi) is 8.55. The lowest BCUT2D eigenvalue weighted by Crippen LogP contribution is -2.62. The van der Waals surface area contributed by atoms with E-state index in [1.54, 1.807) is 5.32 Å². The zero-order valence-electron chi connectivity index (χ0n) is 19.8. The molecule has 2 aliphatic rings. The highest BCUT2D eigenvalue weighted by Crippen LogP contribution is 2.29. The number of nitrogens with zero attached hydrogens (tertiary/aromatic N) is 2. The van der Waals surface area contributed by atoms with Gasteiger partial charge in [-0.15, -0.1) is 0 Å². The first-order chi connectivity index (χ1) is 15.6. The molecular weight excluding hydrogens is 455 g/mol. The molecule has 9 nitrogen and oxygen atoms in total. The number of nitriles is 1. The zero-order valence-corrected chi connectivity index (χ0v) is 19.8. The van der Waals surface area contributed by atoms with Crippen molar-refractivity contribution in [1.29, 1.82) is 5.26 Å². The fraction of sp³-hybridized carbons (Fsp3) is 0.773. The van der Waals surface area contributed by atoms with E-state index >= 15 is 0 Å². The van der Waals surface area contributed by atoms with Crippen molar-refractivity contribution in [3.63, 3.8) is 0 Å². The third-order valence-corrected chi connectivity index (χ3v) is 6.25. The van der Waals surface area contributed by atoms with E-state index in [-0.39, 0.29) is 31.2 Å². The third kappa shape index (κ3) is 6.84. The van der Waals surface area contributed by atoms with Crippen molar-refractivity contribution in [2.75, 3.05) is 13.1 Å². The molecule has 4 amide bonds. The van der Waals surface area contributed by atoms with Crippen LogP contribution in [-0.4, -0.2) is 65.9 Å². The Morgan fingerprint density at radius 1 is 1.21 bits per heavy atom. The molecule has 2 aliphatic heterocycles. The van der Waals surface area contributed by atoms with Crippen molar-refractivity contribution in [1.82, 2.24) is 20.9 Å². The average molecular weight is 488 g/mol. The van der Waals surface area contributed by atoms with Crippen LogP contribution in [0.15, 0.2) is 0 Å². The van der Waals surface area contributed by atoms with Crippen LogP contribution in [-0.2, 0) is 19.2 Å². The van der Waals surface area contributed by atoms with Gasteiger partial charge in [-0.25, -0.2) is 0 Å². The Morgan fingerprint density at radius 2 is 1.85 bits per heavy atom. The average Bonchev–Trinajstić information content (AvgIpc) is 3.13. The molecule has 0 aromatic rings. The van der Waals surface area contributed by atoms with Gasteiger partial charge in [0.2, 0.25) is 17.7 Å². The van der Waals surface area contributed by atoms with Crippen LogP contribution < -0.4 is 16.0 Å². The van der Waals surface area contributed by atoms with Gasteiger partial charge in [0.25, 0.3) is 0 Å². The van der Waals surface area contributed by atoms with Crippen LogP contribution >= 0.6 is 0 Å². The number of hydrogen-bond acceptors (Lipinski definition) is 5. The number of likely N-dealkylation sites (tertiary alicyclic amines) is 1. The van der Waals surface area contributed by atoms with Crippen LogP contribution in [0.5, 0.6) is 0 Å². The normalized spacial score (nSPS) is 25.1. The Balaban J connectivity index is 2.21. The molecule has 0 unspecified atom stereocenters. The quantitative estimate of drug-likeness (QED) is 0.519. The van der Waals surface area contributed by atoms with Crippen molar-refractivity contribution in [3.8, 4) is 6.07 Å². The molecule has 34 heavy (non-hydrogen) atoms. The van der Waals surface area contributed by atoms with Gasteiger partial charge in [0.05, 0.1) is 6.07 Å². The van der Waals surface area contributed by atoms with Gasteiger partial charge in [-0.2, -0.15) is 18.4 Å². The first-order valence-corrected chi connectivity index (χ1v) is 11.3. The van der Waals surface area contributed by atoms with Crippen molar-refractivity contribution in [2.24, 2.45) is 17.3 Å². The van der Waals surface area contributed by atoms with E-state index < -0.39 is 53.4 Å². The Hall–Kier alpha value is -2.84. The van der Waals surface area contributed by atoms with Gasteiger partial charge in [0.1, 0.15) is 18.1 Å². The molecule has 2 rings (SSSR count). The minimum atomic E-state index is -5.16. The van der Waals surface area contributed by atoms with Gasteiger partial charge in [-0.3, -0.25) is 19.2 Å². The zero-order chi connectivity index (χ0) is 25.8. The van der Waals surface area contributed by atoms with Crippen molar-refractivity contribution in [3.05, 3.63) is 0 Å². The summed E-state index contributed by atoms with van der Waals surface area (Å²) >= 11 is 0. The van der Waals surface area contributed by atoms with Crippen LogP contribution in [0.25, 0.3) is 0 Å². The first-order valence-electron chi connectivity index (χ1n) is 11.3. The second-order valence-electron chi connectivity index (χ2n) is 10.1. The number of hydrogen-bond donors (Lipinski definition) is 3. The number of nitrogens with one attached hydrogen (secondary N) is 3. The maximum atomic E-state index is 13.4. The van der Waals surface area contributed by atoms with Gasteiger partial charge < -0.3 is 20.9 Å². The predicted molar refractivity (Wildman–Crippen MR) is 115 cm³/mol. The number of alkyl halides is 3. The number of rotatable bonds is 6. The van der Waals surface area contributed by atoms with E-state index in [4.69, 9.17) is 0 Å². The molecule has 0 aromatic heterocycles.